The van der Waals surface area contributed by atoms with Gasteiger partial charge in [0.1, 0.15) is 0 Å². The number of carbonyl (C=O) groups is 2. The van der Waals surface area contributed by atoms with Crippen molar-refractivity contribution in [3.05, 3.63) is 35.4 Å². The third-order valence-corrected chi connectivity index (χ3v) is 3.18. The van der Waals surface area contributed by atoms with Crippen molar-refractivity contribution in [1.82, 2.24) is 10.7 Å². The molecule has 0 aromatic heterocycles. The van der Waals surface area contributed by atoms with Crippen LogP contribution in [0.2, 0.25) is 0 Å². The molecule has 0 bridgehead atoms. The van der Waals surface area contributed by atoms with Crippen LogP contribution in [0.4, 0.5) is 0 Å². The standard InChI is InChI=1S/C16H23N3O2/c1-5-12(4)18-15(20)16(21)19-17-10-13-6-8-14(9-7-13)11(2)3/h6-12H,5H2,1-4H3,(H,18,20)(H,19,21)/b17-10-/t12-/m1/s1. The third kappa shape index (κ3) is 5.77. The molecule has 0 aliphatic carbocycles. The lowest BCUT2D eigenvalue weighted by Crippen LogP contribution is -2.41. The molecule has 114 valence electrons. The van der Waals surface area contributed by atoms with Crippen molar-refractivity contribution < 1.29 is 9.59 Å². The van der Waals surface area contributed by atoms with E-state index in [-0.39, 0.29) is 6.04 Å². The molecule has 0 radical (unpaired) electrons. The van der Waals surface area contributed by atoms with Gasteiger partial charge in [-0.1, -0.05) is 45.0 Å². The Hall–Kier alpha value is -2.17. The van der Waals surface area contributed by atoms with Gasteiger partial charge in [-0.3, -0.25) is 9.59 Å². The second-order valence-corrected chi connectivity index (χ2v) is 5.30. The van der Waals surface area contributed by atoms with E-state index in [1.54, 1.807) is 0 Å². The summed E-state index contributed by atoms with van der Waals surface area (Å²) in [6.07, 6.45) is 2.28. The van der Waals surface area contributed by atoms with E-state index in [1.165, 1.54) is 11.8 Å². The number of carbonyl (C=O) groups excluding carboxylic acids is 2. The molecule has 1 rings (SSSR count). The summed E-state index contributed by atoms with van der Waals surface area (Å²) in [6, 6.07) is 7.84. The summed E-state index contributed by atoms with van der Waals surface area (Å²) < 4.78 is 0. The fourth-order valence-corrected chi connectivity index (χ4v) is 1.57. The number of hydrogen-bond acceptors (Lipinski definition) is 3. The number of nitrogens with one attached hydrogen (secondary N) is 2. The summed E-state index contributed by atoms with van der Waals surface area (Å²) in [5.41, 5.74) is 4.32. The summed E-state index contributed by atoms with van der Waals surface area (Å²) in [5, 5.41) is 6.36. The molecule has 0 fully saturated rings. The maximum absolute atomic E-state index is 11.5. The molecule has 0 heterocycles. The second kappa shape index (κ2) is 8.19. The normalized spacial score (nSPS) is 12.4. The van der Waals surface area contributed by atoms with Gasteiger partial charge >= 0.3 is 11.8 Å². The Kier molecular flexibility index (Phi) is 6.59. The topological polar surface area (TPSA) is 70.6 Å². The molecule has 0 spiro atoms. The predicted molar refractivity (Wildman–Crippen MR) is 84.2 cm³/mol. The van der Waals surface area contributed by atoms with Crippen molar-refractivity contribution in [3.63, 3.8) is 0 Å². The van der Waals surface area contributed by atoms with E-state index >= 15 is 0 Å². The lowest BCUT2D eigenvalue weighted by atomic mass is 10.0. The second-order valence-electron chi connectivity index (χ2n) is 5.30. The van der Waals surface area contributed by atoms with E-state index in [0.717, 1.165) is 12.0 Å². The van der Waals surface area contributed by atoms with Gasteiger partial charge < -0.3 is 5.32 Å². The SMILES string of the molecule is CC[C@@H](C)NC(=O)C(=O)N/N=C\c1ccc(C(C)C)cc1. The Labute approximate surface area is 125 Å². The van der Waals surface area contributed by atoms with Gasteiger partial charge in [-0.25, -0.2) is 5.43 Å². The van der Waals surface area contributed by atoms with Gasteiger partial charge in [0.05, 0.1) is 6.21 Å². The van der Waals surface area contributed by atoms with Crippen LogP contribution in [-0.4, -0.2) is 24.1 Å². The Morgan fingerprint density at radius 2 is 1.76 bits per heavy atom. The van der Waals surface area contributed by atoms with Crippen molar-refractivity contribution in [1.29, 1.82) is 0 Å². The number of amides is 2. The first-order chi connectivity index (χ1) is 9.93. The van der Waals surface area contributed by atoms with Crippen LogP contribution >= 0.6 is 0 Å². The van der Waals surface area contributed by atoms with Crippen molar-refractivity contribution in [2.45, 2.75) is 46.1 Å². The van der Waals surface area contributed by atoms with E-state index in [4.69, 9.17) is 0 Å². The van der Waals surface area contributed by atoms with Gasteiger partial charge in [0, 0.05) is 6.04 Å². The number of hydrazone groups is 1. The molecule has 1 aromatic carbocycles. The summed E-state index contributed by atoms with van der Waals surface area (Å²) >= 11 is 0. The van der Waals surface area contributed by atoms with Gasteiger partial charge in [-0.05, 0) is 30.4 Å². The number of benzene rings is 1. The van der Waals surface area contributed by atoms with Crippen LogP contribution in [0.3, 0.4) is 0 Å². The minimum atomic E-state index is -0.759. The van der Waals surface area contributed by atoms with Crippen LogP contribution in [0.15, 0.2) is 29.4 Å². The molecule has 2 amide bonds. The molecule has 5 heteroatoms. The largest absolute Gasteiger partial charge is 0.345 e. The zero-order chi connectivity index (χ0) is 15.8. The number of hydrogen-bond donors (Lipinski definition) is 2. The highest BCUT2D eigenvalue weighted by Crippen LogP contribution is 2.13. The van der Waals surface area contributed by atoms with E-state index in [0.29, 0.717) is 5.92 Å². The maximum atomic E-state index is 11.5. The molecule has 21 heavy (non-hydrogen) atoms. The highest BCUT2D eigenvalue weighted by molar-refractivity contribution is 6.35. The Bertz CT molecular complexity index is 507. The van der Waals surface area contributed by atoms with E-state index in [2.05, 4.69) is 29.7 Å². The minimum absolute atomic E-state index is 0.0317. The minimum Gasteiger partial charge on any atom is -0.345 e. The molecule has 1 aromatic rings. The van der Waals surface area contributed by atoms with Crippen molar-refractivity contribution in [2.24, 2.45) is 5.10 Å². The molecule has 0 unspecified atom stereocenters. The van der Waals surface area contributed by atoms with Crippen molar-refractivity contribution in [3.8, 4) is 0 Å². The van der Waals surface area contributed by atoms with Gasteiger partial charge in [0.25, 0.3) is 0 Å². The Balaban J connectivity index is 2.50. The Morgan fingerprint density at radius 1 is 1.14 bits per heavy atom. The average Bonchev–Trinajstić information content (AvgIpc) is 2.47. The molecular weight excluding hydrogens is 266 g/mol. The molecule has 1 atom stereocenters. The maximum Gasteiger partial charge on any atom is 0.329 e. The summed E-state index contributed by atoms with van der Waals surface area (Å²) in [6.45, 7) is 8.02. The lowest BCUT2D eigenvalue weighted by Gasteiger charge is -2.09. The fourth-order valence-electron chi connectivity index (χ4n) is 1.57. The Morgan fingerprint density at radius 3 is 2.29 bits per heavy atom. The van der Waals surface area contributed by atoms with Gasteiger partial charge in [-0.15, -0.1) is 0 Å². The van der Waals surface area contributed by atoms with Gasteiger partial charge in [0.15, 0.2) is 0 Å². The first-order valence-electron chi connectivity index (χ1n) is 7.17. The molecule has 0 aliphatic rings. The average molecular weight is 289 g/mol. The molecule has 0 saturated carbocycles. The lowest BCUT2D eigenvalue weighted by molar-refractivity contribution is -0.139. The quantitative estimate of drug-likeness (QED) is 0.495. The summed E-state index contributed by atoms with van der Waals surface area (Å²) in [7, 11) is 0. The van der Waals surface area contributed by atoms with Crippen LogP contribution in [0.1, 0.15) is 51.2 Å². The van der Waals surface area contributed by atoms with Gasteiger partial charge in [-0.2, -0.15) is 5.10 Å². The van der Waals surface area contributed by atoms with Crippen LogP contribution < -0.4 is 10.7 Å². The third-order valence-electron chi connectivity index (χ3n) is 3.18. The fraction of sp³-hybridized carbons (Fsp3) is 0.438. The van der Waals surface area contributed by atoms with E-state index < -0.39 is 11.8 Å². The smallest absolute Gasteiger partial charge is 0.329 e. The molecule has 0 saturated heterocycles. The molecule has 5 nitrogen and oxygen atoms in total. The van der Waals surface area contributed by atoms with Crippen LogP contribution in [-0.2, 0) is 9.59 Å². The summed E-state index contributed by atoms with van der Waals surface area (Å²) in [4.78, 5) is 23.0. The predicted octanol–water partition coefficient (Wildman–Crippen LogP) is 2.17. The summed E-state index contributed by atoms with van der Waals surface area (Å²) in [5.74, 6) is -0.957. The monoisotopic (exact) mass is 289 g/mol. The van der Waals surface area contributed by atoms with E-state index in [9.17, 15) is 9.59 Å². The van der Waals surface area contributed by atoms with Crippen molar-refractivity contribution in [2.75, 3.05) is 0 Å². The first-order valence-corrected chi connectivity index (χ1v) is 7.17. The first kappa shape index (κ1) is 16.9. The number of nitrogens with zero attached hydrogens (tertiary/aromatic N) is 1. The number of rotatable bonds is 5. The zero-order valence-electron chi connectivity index (χ0n) is 13.0. The zero-order valence-corrected chi connectivity index (χ0v) is 13.0. The molecule has 2 N–H and O–H groups in total. The van der Waals surface area contributed by atoms with Crippen LogP contribution in [0, 0.1) is 0 Å². The molecular formula is C16H23N3O2. The van der Waals surface area contributed by atoms with Crippen LogP contribution in [0.5, 0.6) is 0 Å². The highest BCUT2D eigenvalue weighted by Gasteiger charge is 2.14. The van der Waals surface area contributed by atoms with E-state index in [1.807, 2.05) is 38.1 Å². The van der Waals surface area contributed by atoms with Gasteiger partial charge in [0.2, 0.25) is 0 Å². The highest BCUT2D eigenvalue weighted by atomic mass is 16.2. The van der Waals surface area contributed by atoms with Crippen molar-refractivity contribution >= 4 is 18.0 Å². The molecule has 0 aliphatic heterocycles. The van der Waals surface area contributed by atoms with Crippen LogP contribution in [0.25, 0.3) is 0 Å².